The average Bonchev–Trinajstić information content (AvgIpc) is 2.73. The van der Waals surface area contributed by atoms with Crippen LogP contribution in [0.25, 0.3) is 0 Å². The van der Waals surface area contributed by atoms with Crippen molar-refractivity contribution in [1.29, 1.82) is 0 Å². The minimum atomic E-state index is -0.242. The zero-order chi connectivity index (χ0) is 11.1. The maximum atomic E-state index is 12.0. The van der Waals surface area contributed by atoms with E-state index in [0.717, 1.165) is 12.8 Å². The molecule has 0 aromatic heterocycles. The smallest absolute Gasteiger partial charge is 0.312 e. The number of esters is 1. The summed E-state index contributed by atoms with van der Waals surface area (Å²) in [4.78, 5) is 12.0. The summed E-state index contributed by atoms with van der Waals surface area (Å²) < 4.78 is 5.37. The van der Waals surface area contributed by atoms with Crippen LogP contribution in [0.15, 0.2) is 12.2 Å². The molecule has 3 unspecified atom stereocenters. The van der Waals surface area contributed by atoms with E-state index in [1.165, 1.54) is 0 Å². The fourth-order valence-corrected chi connectivity index (χ4v) is 2.74. The topological polar surface area (TPSA) is 26.3 Å². The molecule has 2 aliphatic carbocycles. The van der Waals surface area contributed by atoms with Crippen molar-refractivity contribution in [3.63, 3.8) is 0 Å². The fourth-order valence-electron chi connectivity index (χ4n) is 2.74. The number of ether oxygens (including phenoxy) is 1. The quantitative estimate of drug-likeness (QED) is 0.526. The van der Waals surface area contributed by atoms with E-state index in [1.807, 2.05) is 0 Å². The first-order chi connectivity index (χ1) is 7.02. The van der Waals surface area contributed by atoms with E-state index in [4.69, 9.17) is 4.74 Å². The van der Waals surface area contributed by atoms with Gasteiger partial charge in [0.25, 0.3) is 0 Å². The monoisotopic (exact) mass is 208 g/mol. The second-order valence-electron chi connectivity index (χ2n) is 5.60. The molecule has 15 heavy (non-hydrogen) atoms. The Hall–Kier alpha value is -0.790. The van der Waals surface area contributed by atoms with Crippen LogP contribution in [0, 0.1) is 23.2 Å². The van der Waals surface area contributed by atoms with Crippen LogP contribution in [-0.4, -0.2) is 12.6 Å². The van der Waals surface area contributed by atoms with Crippen LogP contribution in [0.2, 0.25) is 0 Å². The fraction of sp³-hybridized carbons (Fsp3) is 0.769. The van der Waals surface area contributed by atoms with Gasteiger partial charge in [0.1, 0.15) is 0 Å². The highest BCUT2D eigenvalue weighted by molar-refractivity contribution is 5.78. The van der Waals surface area contributed by atoms with E-state index in [9.17, 15) is 4.79 Å². The van der Waals surface area contributed by atoms with E-state index in [1.54, 1.807) is 0 Å². The molecule has 0 spiro atoms. The summed E-state index contributed by atoms with van der Waals surface area (Å²) in [5.74, 6) is 1.47. The number of hydrogen-bond acceptors (Lipinski definition) is 2. The molecule has 0 heterocycles. The lowest BCUT2D eigenvalue weighted by Gasteiger charge is -2.29. The maximum Gasteiger partial charge on any atom is 0.312 e. The van der Waals surface area contributed by atoms with Crippen LogP contribution < -0.4 is 0 Å². The molecule has 2 nitrogen and oxygen atoms in total. The molecule has 0 aromatic carbocycles. The lowest BCUT2D eigenvalue weighted by Crippen LogP contribution is -2.34. The molecule has 0 saturated heterocycles. The molecule has 0 amide bonds. The zero-order valence-corrected chi connectivity index (χ0v) is 9.82. The summed E-state index contributed by atoms with van der Waals surface area (Å²) in [6.45, 7) is 6.74. The maximum absolute atomic E-state index is 12.0. The predicted molar refractivity (Wildman–Crippen MR) is 59.3 cm³/mol. The van der Waals surface area contributed by atoms with Gasteiger partial charge in [-0.2, -0.15) is 0 Å². The van der Waals surface area contributed by atoms with Gasteiger partial charge < -0.3 is 4.74 Å². The number of carbonyl (C=O) groups excluding carboxylic acids is 1. The van der Waals surface area contributed by atoms with E-state index in [-0.39, 0.29) is 11.4 Å². The SMILES string of the molecule is CC(C)COC(=O)C1(C)CC2C=CC1C2. The van der Waals surface area contributed by atoms with Gasteiger partial charge in [0.15, 0.2) is 0 Å². The van der Waals surface area contributed by atoms with Crippen molar-refractivity contribution in [1.82, 2.24) is 0 Å². The first-order valence-electron chi connectivity index (χ1n) is 5.88. The first-order valence-corrected chi connectivity index (χ1v) is 5.88. The number of rotatable bonds is 3. The van der Waals surface area contributed by atoms with Gasteiger partial charge in [-0.25, -0.2) is 0 Å². The lowest BCUT2D eigenvalue weighted by atomic mass is 9.78. The van der Waals surface area contributed by atoms with Crippen molar-refractivity contribution >= 4 is 5.97 Å². The molecule has 2 rings (SSSR count). The van der Waals surface area contributed by atoms with Crippen LogP contribution >= 0.6 is 0 Å². The van der Waals surface area contributed by atoms with Crippen molar-refractivity contribution in [3.8, 4) is 0 Å². The van der Waals surface area contributed by atoms with E-state index >= 15 is 0 Å². The Labute approximate surface area is 91.7 Å². The summed E-state index contributed by atoms with van der Waals surface area (Å²) in [5, 5.41) is 0. The molecule has 0 aromatic rings. The molecular formula is C13H20O2. The van der Waals surface area contributed by atoms with Gasteiger partial charge in [-0.1, -0.05) is 26.0 Å². The third kappa shape index (κ3) is 1.82. The summed E-state index contributed by atoms with van der Waals surface area (Å²) in [5.41, 5.74) is -0.242. The van der Waals surface area contributed by atoms with Crippen LogP contribution in [-0.2, 0) is 9.53 Å². The van der Waals surface area contributed by atoms with Crippen molar-refractivity contribution in [2.45, 2.75) is 33.6 Å². The molecule has 3 atom stereocenters. The van der Waals surface area contributed by atoms with Gasteiger partial charge in [-0.05, 0) is 37.5 Å². The molecule has 1 saturated carbocycles. The second kappa shape index (κ2) is 3.66. The molecule has 0 aliphatic heterocycles. The van der Waals surface area contributed by atoms with Crippen LogP contribution in [0.5, 0.6) is 0 Å². The standard InChI is InChI=1S/C13H20O2/c1-9(2)8-15-12(14)13(3)7-10-4-5-11(13)6-10/h4-5,9-11H,6-8H2,1-3H3. The van der Waals surface area contributed by atoms with Gasteiger partial charge >= 0.3 is 5.97 Å². The summed E-state index contributed by atoms with van der Waals surface area (Å²) >= 11 is 0. The minimum absolute atomic E-state index is 0.00745. The predicted octanol–water partition coefficient (Wildman–Crippen LogP) is 2.79. The summed E-state index contributed by atoms with van der Waals surface area (Å²) in [6, 6.07) is 0. The molecule has 2 bridgehead atoms. The van der Waals surface area contributed by atoms with Gasteiger partial charge in [0.05, 0.1) is 12.0 Å². The number of fused-ring (bicyclic) bond motifs is 2. The van der Waals surface area contributed by atoms with E-state index in [2.05, 4.69) is 32.9 Å². The highest BCUT2D eigenvalue weighted by atomic mass is 16.5. The Morgan fingerprint density at radius 2 is 2.27 bits per heavy atom. The van der Waals surface area contributed by atoms with Crippen molar-refractivity contribution in [2.24, 2.45) is 23.2 Å². The Bertz CT molecular complexity index is 293. The first kappa shape index (κ1) is 10.7. The molecule has 0 radical (unpaired) electrons. The van der Waals surface area contributed by atoms with E-state index < -0.39 is 0 Å². The normalized spacial score (nSPS) is 37.6. The lowest BCUT2D eigenvalue weighted by molar-refractivity contribution is -0.157. The Kier molecular flexibility index (Phi) is 2.61. The van der Waals surface area contributed by atoms with Crippen molar-refractivity contribution in [3.05, 3.63) is 12.2 Å². The Morgan fingerprint density at radius 3 is 2.73 bits per heavy atom. The average molecular weight is 208 g/mol. The summed E-state index contributed by atoms with van der Waals surface area (Å²) in [6.07, 6.45) is 6.57. The third-order valence-corrected chi connectivity index (χ3v) is 3.69. The minimum Gasteiger partial charge on any atom is -0.465 e. The van der Waals surface area contributed by atoms with Crippen molar-refractivity contribution < 1.29 is 9.53 Å². The zero-order valence-electron chi connectivity index (χ0n) is 9.82. The van der Waals surface area contributed by atoms with Gasteiger partial charge in [-0.15, -0.1) is 0 Å². The molecule has 1 fully saturated rings. The molecule has 0 N–H and O–H groups in total. The van der Waals surface area contributed by atoms with Crippen LogP contribution in [0.4, 0.5) is 0 Å². The second-order valence-corrected chi connectivity index (χ2v) is 5.60. The molecule has 2 heteroatoms. The Balaban J connectivity index is 1.98. The number of allylic oxidation sites excluding steroid dienone is 2. The van der Waals surface area contributed by atoms with Gasteiger partial charge in [0, 0.05) is 0 Å². The number of hydrogen-bond donors (Lipinski definition) is 0. The summed E-state index contributed by atoms with van der Waals surface area (Å²) in [7, 11) is 0. The molecular weight excluding hydrogens is 188 g/mol. The molecule has 84 valence electrons. The van der Waals surface area contributed by atoms with Crippen molar-refractivity contribution in [2.75, 3.05) is 6.61 Å². The van der Waals surface area contributed by atoms with Gasteiger partial charge in [-0.3, -0.25) is 4.79 Å². The van der Waals surface area contributed by atoms with Crippen LogP contribution in [0.3, 0.4) is 0 Å². The highest BCUT2D eigenvalue weighted by Gasteiger charge is 2.50. The Morgan fingerprint density at radius 1 is 1.53 bits per heavy atom. The third-order valence-electron chi connectivity index (χ3n) is 3.69. The van der Waals surface area contributed by atoms with Gasteiger partial charge in [0.2, 0.25) is 0 Å². The van der Waals surface area contributed by atoms with E-state index in [0.29, 0.717) is 24.4 Å². The highest BCUT2D eigenvalue weighted by Crippen LogP contribution is 2.52. The van der Waals surface area contributed by atoms with Crippen LogP contribution in [0.1, 0.15) is 33.6 Å². The molecule has 2 aliphatic rings. The largest absolute Gasteiger partial charge is 0.465 e. The number of carbonyl (C=O) groups is 1.